The summed E-state index contributed by atoms with van der Waals surface area (Å²) in [5.74, 6) is 3.22. The van der Waals surface area contributed by atoms with Crippen LogP contribution in [0, 0.1) is 0 Å². The summed E-state index contributed by atoms with van der Waals surface area (Å²) in [5, 5.41) is 0.467. The number of ether oxygens (including phenoxy) is 1. The predicted molar refractivity (Wildman–Crippen MR) is 84.7 cm³/mol. The topological polar surface area (TPSA) is 26.3 Å². The van der Waals surface area contributed by atoms with Crippen LogP contribution in [0.25, 0.3) is 0 Å². The number of carbonyl (C=O) groups excluding carboxylic acids is 1. The van der Waals surface area contributed by atoms with Gasteiger partial charge in [0.05, 0.1) is 11.4 Å². The van der Waals surface area contributed by atoms with Gasteiger partial charge in [0, 0.05) is 22.3 Å². The second-order valence-electron chi connectivity index (χ2n) is 4.93. The molecule has 0 aromatic heterocycles. The molecule has 0 bridgehead atoms. The van der Waals surface area contributed by atoms with E-state index in [2.05, 4.69) is 6.92 Å². The van der Waals surface area contributed by atoms with E-state index in [0.29, 0.717) is 5.25 Å². The van der Waals surface area contributed by atoms with Crippen LogP contribution in [0.15, 0.2) is 24.3 Å². The van der Waals surface area contributed by atoms with E-state index in [-0.39, 0.29) is 17.1 Å². The van der Waals surface area contributed by atoms with Crippen molar-refractivity contribution >= 4 is 29.3 Å². The summed E-state index contributed by atoms with van der Waals surface area (Å²) in [5.41, 5.74) is 0.769. The van der Waals surface area contributed by atoms with Crippen molar-refractivity contribution in [3.05, 3.63) is 29.8 Å². The van der Waals surface area contributed by atoms with E-state index in [1.165, 1.54) is 0 Å². The van der Waals surface area contributed by atoms with Gasteiger partial charge in [-0.15, -0.1) is 11.8 Å². The molecule has 2 nitrogen and oxygen atoms in total. The van der Waals surface area contributed by atoms with E-state index in [4.69, 9.17) is 4.74 Å². The van der Waals surface area contributed by atoms with Gasteiger partial charge in [-0.3, -0.25) is 4.79 Å². The molecule has 0 radical (unpaired) electrons. The fraction of sp³-hybridized carbons (Fsp3) is 0.533. The molecule has 0 N–H and O–H groups in total. The smallest absolute Gasteiger partial charge is 0.177 e. The number of Topliss-reactive ketones (excluding diaryl/α,β-unsaturated/α-hetero) is 1. The number of ketones is 1. The summed E-state index contributed by atoms with van der Waals surface area (Å²) in [6.07, 6.45) is 0.129. The lowest BCUT2D eigenvalue weighted by molar-refractivity contribution is 0.0989. The minimum Gasteiger partial charge on any atom is -0.491 e. The van der Waals surface area contributed by atoms with Crippen LogP contribution in [0.3, 0.4) is 0 Å². The fourth-order valence-corrected chi connectivity index (χ4v) is 4.80. The number of hydrogen-bond acceptors (Lipinski definition) is 4. The Hall–Kier alpha value is -0.610. The van der Waals surface area contributed by atoms with Crippen molar-refractivity contribution in [1.29, 1.82) is 0 Å². The van der Waals surface area contributed by atoms with Crippen molar-refractivity contribution in [3.8, 4) is 5.75 Å². The third-order valence-electron chi connectivity index (χ3n) is 2.94. The lowest BCUT2D eigenvalue weighted by Gasteiger charge is -2.26. The zero-order valence-electron chi connectivity index (χ0n) is 11.6. The van der Waals surface area contributed by atoms with Gasteiger partial charge in [0.25, 0.3) is 0 Å². The molecule has 4 heteroatoms. The van der Waals surface area contributed by atoms with E-state index >= 15 is 0 Å². The van der Waals surface area contributed by atoms with E-state index in [0.717, 1.165) is 22.8 Å². The number of carbonyl (C=O) groups is 1. The second kappa shape index (κ2) is 6.71. The van der Waals surface area contributed by atoms with Gasteiger partial charge in [0.2, 0.25) is 0 Å². The molecule has 104 valence electrons. The Morgan fingerprint density at radius 1 is 1.32 bits per heavy atom. The van der Waals surface area contributed by atoms with Crippen LogP contribution in [-0.4, -0.2) is 33.9 Å². The van der Waals surface area contributed by atoms with E-state index in [1.54, 1.807) is 11.8 Å². The van der Waals surface area contributed by atoms with E-state index in [1.807, 2.05) is 49.9 Å². The molecule has 1 aromatic rings. The quantitative estimate of drug-likeness (QED) is 0.787. The maximum atomic E-state index is 12.6. The Labute approximate surface area is 123 Å². The standard InChI is InChI=1S/C15H20O2S2/c1-10(2)17-13-6-4-5-12(9-13)14(16)15-11(3)18-7-8-19-15/h4-6,9-11,15H,7-8H2,1-3H3. The Kier molecular flexibility index (Phi) is 5.22. The first-order valence-electron chi connectivity index (χ1n) is 6.62. The monoisotopic (exact) mass is 296 g/mol. The van der Waals surface area contributed by atoms with Crippen molar-refractivity contribution in [2.24, 2.45) is 0 Å². The first-order valence-corrected chi connectivity index (χ1v) is 8.72. The molecule has 1 saturated heterocycles. The van der Waals surface area contributed by atoms with Gasteiger partial charge in [0.1, 0.15) is 5.75 Å². The van der Waals surface area contributed by atoms with Crippen LogP contribution in [0.1, 0.15) is 31.1 Å². The largest absolute Gasteiger partial charge is 0.491 e. The molecule has 2 atom stereocenters. The molecule has 2 rings (SSSR count). The maximum absolute atomic E-state index is 12.6. The lowest BCUT2D eigenvalue weighted by Crippen LogP contribution is -2.31. The van der Waals surface area contributed by atoms with Crippen molar-refractivity contribution in [3.63, 3.8) is 0 Å². The summed E-state index contributed by atoms with van der Waals surface area (Å²) in [6, 6.07) is 7.57. The van der Waals surface area contributed by atoms with Crippen molar-refractivity contribution in [2.75, 3.05) is 11.5 Å². The highest BCUT2D eigenvalue weighted by molar-refractivity contribution is 8.07. The van der Waals surface area contributed by atoms with Gasteiger partial charge >= 0.3 is 0 Å². The van der Waals surface area contributed by atoms with Crippen molar-refractivity contribution in [1.82, 2.24) is 0 Å². The van der Waals surface area contributed by atoms with Crippen LogP contribution in [-0.2, 0) is 0 Å². The Balaban J connectivity index is 2.14. The molecular formula is C15H20O2S2. The van der Waals surface area contributed by atoms with Gasteiger partial charge in [-0.2, -0.15) is 11.8 Å². The average molecular weight is 296 g/mol. The first-order chi connectivity index (χ1) is 9.08. The summed E-state index contributed by atoms with van der Waals surface area (Å²) < 4.78 is 5.65. The minimum absolute atomic E-state index is 0.0769. The molecule has 1 fully saturated rings. The first kappa shape index (κ1) is 14.8. The lowest BCUT2D eigenvalue weighted by atomic mass is 10.1. The normalized spacial score (nSPS) is 23.4. The van der Waals surface area contributed by atoms with Gasteiger partial charge < -0.3 is 4.74 Å². The zero-order valence-corrected chi connectivity index (χ0v) is 13.2. The Morgan fingerprint density at radius 3 is 2.74 bits per heavy atom. The Morgan fingerprint density at radius 2 is 2.05 bits per heavy atom. The van der Waals surface area contributed by atoms with E-state index < -0.39 is 0 Å². The summed E-state index contributed by atoms with van der Waals surface area (Å²) in [4.78, 5) is 12.6. The molecule has 1 aromatic carbocycles. The van der Waals surface area contributed by atoms with Crippen LogP contribution >= 0.6 is 23.5 Å². The fourth-order valence-electron chi connectivity index (χ4n) is 2.08. The van der Waals surface area contributed by atoms with Gasteiger partial charge in [-0.05, 0) is 26.0 Å². The summed E-state index contributed by atoms with van der Waals surface area (Å²) >= 11 is 3.67. The van der Waals surface area contributed by atoms with Gasteiger partial charge in [-0.1, -0.05) is 19.1 Å². The molecule has 0 spiro atoms. The van der Waals surface area contributed by atoms with E-state index in [9.17, 15) is 4.79 Å². The number of rotatable bonds is 4. The van der Waals surface area contributed by atoms with Crippen molar-refractivity contribution in [2.45, 2.75) is 37.4 Å². The molecular weight excluding hydrogens is 276 g/mol. The molecule has 1 aliphatic heterocycles. The third-order valence-corrected chi connectivity index (χ3v) is 6.03. The highest BCUT2D eigenvalue weighted by Gasteiger charge is 2.29. The number of thioether (sulfide) groups is 2. The van der Waals surface area contributed by atoms with Crippen LogP contribution in [0.2, 0.25) is 0 Å². The molecule has 1 aliphatic rings. The molecule has 0 amide bonds. The SMILES string of the molecule is CC(C)Oc1cccc(C(=O)C2SCCSC2C)c1. The molecule has 0 saturated carbocycles. The highest BCUT2D eigenvalue weighted by atomic mass is 32.2. The van der Waals surface area contributed by atoms with Crippen LogP contribution < -0.4 is 4.74 Å². The highest BCUT2D eigenvalue weighted by Crippen LogP contribution is 2.33. The summed E-state index contributed by atoms with van der Waals surface area (Å²) in [6.45, 7) is 6.13. The van der Waals surface area contributed by atoms with Gasteiger partial charge in [0.15, 0.2) is 5.78 Å². The van der Waals surface area contributed by atoms with Gasteiger partial charge in [-0.25, -0.2) is 0 Å². The minimum atomic E-state index is 0.0769. The van der Waals surface area contributed by atoms with Crippen molar-refractivity contribution < 1.29 is 9.53 Å². The van der Waals surface area contributed by atoms with Crippen LogP contribution in [0.4, 0.5) is 0 Å². The number of hydrogen-bond donors (Lipinski definition) is 0. The molecule has 1 heterocycles. The molecule has 19 heavy (non-hydrogen) atoms. The maximum Gasteiger partial charge on any atom is 0.177 e. The second-order valence-corrected chi connectivity index (χ2v) is 7.66. The molecule has 2 unspecified atom stereocenters. The Bertz CT molecular complexity index is 446. The zero-order chi connectivity index (χ0) is 13.8. The summed E-state index contributed by atoms with van der Waals surface area (Å²) in [7, 11) is 0. The molecule has 0 aliphatic carbocycles. The van der Waals surface area contributed by atoms with Crippen LogP contribution in [0.5, 0.6) is 5.75 Å². The third kappa shape index (κ3) is 3.93. The average Bonchev–Trinajstić information content (AvgIpc) is 2.38. The predicted octanol–water partition coefficient (Wildman–Crippen LogP) is 3.89. The number of benzene rings is 1.